The molecule has 6 aromatic rings. The maximum absolute atomic E-state index is 5.60. The van der Waals surface area contributed by atoms with E-state index in [-0.39, 0.29) is 5.54 Å². The van der Waals surface area contributed by atoms with Crippen molar-refractivity contribution in [3.8, 4) is 23.1 Å². The Morgan fingerprint density at radius 1 is 0.656 bits per heavy atom. The van der Waals surface area contributed by atoms with E-state index in [1.807, 2.05) is 86.8 Å². The molecular weight excluding hydrogens is 755 g/mol. The summed E-state index contributed by atoms with van der Waals surface area (Å²) in [7, 11) is 1.77. The first kappa shape index (κ1) is 48.4. The normalized spacial score (nSPS) is 12.8. The third-order valence-corrected chi connectivity index (χ3v) is 10.4. The second-order valence-electron chi connectivity index (χ2n) is 18.1. The third-order valence-electron chi connectivity index (χ3n) is 10.4. The van der Waals surface area contributed by atoms with Crippen LogP contribution in [-0.2, 0) is 12.1 Å². The number of hydrogen-bond donors (Lipinski definition) is 0. The van der Waals surface area contributed by atoms with E-state index < -0.39 is 0 Å². The van der Waals surface area contributed by atoms with Crippen LogP contribution in [0.4, 0.5) is 0 Å². The molecule has 3 aromatic heterocycles. The standard InChI is InChI=1S/C15H23NO.C14H15NO.C12H15N3.C11H20N2/c1-12(2)13-6-7-14(15(10-13)17-3)11-16-8-4-5-9-16;1-11(2)12-8-9-14(15-10-12)16-13-6-4-3-5-7-13;1-9(2)12-10(3)13-15(14-12)11-7-5-4-6-8-11;1-8(2)10-7-9(3)12-13(10)11(4,5)6/h6-7,10,12H,4-5,8-9,11H2,1-3H3;3-11H,1-2H3;4-9H,1-3H3;7-8H,1-6H3. The summed E-state index contributed by atoms with van der Waals surface area (Å²) >= 11 is 0. The molecule has 7 rings (SSSR count). The Morgan fingerprint density at radius 3 is 1.75 bits per heavy atom. The van der Waals surface area contributed by atoms with Gasteiger partial charge < -0.3 is 9.47 Å². The van der Waals surface area contributed by atoms with Gasteiger partial charge in [0.15, 0.2) is 0 Å². The summed E-state index contributed by atoms with van der Waals surface area (Å²) in [6.07, 6.45) is 4.54. The minimum Gasteiger partial charge on any atom is -0.496 e. The zero-order valence-electron chi connectivity index (χ0n) is 39.6. The van der Waals surface area contributed by atoms with Crippen LogP contribution < -0.4 is 9.47 Å². The number of pyridine rings is 1. The topological polar surface area (TPSA) is 83.1 Å². The Labute approximate surface area is 367 Å². The minimum absolute atomic E-state index is 0.0911. The number of aryl methyl sites for hydroxylation is 2. The number of likely N-dealkylation sites (tertiary alicyclic amines) is 1. The summed E-state index contributed by atoms with van der Waals surface area (Å²) < 4.78 is 13.3. The fraction of sp³-hybridized carbons (Fsp3) is 0.462. The highest BCUT2D eigenvalue weighted by atomic mass is 16.5. The van der Waals surface area contributed by atoms with E-state index in [4.69, 9.17) is 9.47 Å². The summed E-state index contributed by atoms with van der Waals surface area (Å²) in [5.74, 6) is 4.51. The van der Waals surface area contributed by atoms with E-state index in [2.05, 4.69) is 136 Å². The molecule has 1 aliphatic rings. The minimum atomic E-state index is 0.0911. The monoisotopic (exact) mass is 828 g/mol. The zero-order chi connectivity index (χ0) is 44.7. The molecule has 328 valence electrons. The lowest BCUT2D eigenvalue weighted by atomic mass is 10.0. The van der Waals surface area contributed by atoms with Crippen molar-refractivity contribution in [3.05, 3.63) is 143 Å². The van der Waals surface area contributed by atoms with Gasteiger partial charge in [0.2, 0.25) is 5.88 Å². The molecule has 0 bridgehead atoms. The van der Waals surface area contributed by atoms with Crippen molar-refractivity contribution in [2.24, 2.45) is 0 Å². The van der Waals surface area contributed by atoms with Gasteiger partial charge in [-0.2, -0.15) is 20.1 Å². The first-order valence-electron chi connectivity index (χ1n) is 22.1. The molecule has 3 aromatic carbocycles. The van der Waals surface area contributed by atoms with E-state index in [1.54, 1.807) is 11.9 Å². The highest BCUT2D eigenvalue weighted by Gasteiger charge is 2.20. The molecule has 61 heavy (non-hydrogen) atoms. The Hall–Kier alpha value is -5.28. The van der Waals surface area contributed by atoms with Crippen molar-refractivity contribution in [1.29, 1.82) is 0 Å². The number of hydrogen-bond acceptors (Lipinski definition) is 7. The van der Waals surface area contributed by atoms with Gasteiger partial charge in [0.25, 0.3) is 0 Å². The number of aromatic nitrogens is 6. The number of benzene rings is 3. The Bertz CT molecular complexity index is 2160. The highest BCUT2D eigenvalue weighted by molar-refractivity contribution is 5.39. The van der Waals surface area contributed by atoms with Crippen LogP contribution in [0.25, 0.3) is 5.69 Å². The molecule has 0 spiro atoms. The lowest BCUT2D eigenvalue weighted by molar-refractivity contribution is 0.320. The van der Waals surface area contributed by atoms with Crippen molar-refractivity contribution in [2.75, 3.05) is 20.2 Å². The van der Waals surface area contributed by atoms with E-state index in [0.717, 1.165) is 40.8 Å². The van der Waals surface area contributed by atoms with Crippen molar-refractivity contribution < 1.29 is 9.47 Å². The summed E-state index contributed by atoms with van der Waals surface area (Å²) in [6.45, 7) is 31.5. The largest absolute Gasteiger partial charge is 0.496 e. The molecule has 9 heteroatoms. The lowest BCUT2D eigenvalue weighted by Crippen LogP contribution is -2.25. The van der Waals surface area contributed by atoms with Gasteiger partial charge in [-0.25, -0.2) is 4.98 Å². The van der Waals surface area contributed by atoms with E-state index >= 15 is 0 Å². The van der Waals surface area contributed by atoms with Crippen LogP contribution in [-0.4, -0.2) is 54.9 Å². The SMILES string of the molecule is CC(C)c1ccc(Oc2ccccc2)nc1.COc1cc(C(C)C)ccc1CN1CCCC1.Cc1cc(C(C)C)n(C(C)(C)C)n1.Cc1nn(-c2ccccc2)nc1C(C)C. The summed E-state index contributed by atoms with van der Waals surface area (Å²) in [5, 5.41) is 13.4. The van der Waals surface area contributed by atoms with Crippen molar-refractivity contribution in [2.45, 2.75) is 139 Å². The second kappa shape index (κ2) is 23.1. The second-order valence-corrected chi connectivity index (χ2v) is 18.1. The molecule has 0 amide bonds. The number of nitrogens with zero attached hydrogens (tertiary/aromatic N) is 7. The van der Waals surface area contributed by atoms with Crippen molar-refractivity contribution in [1.82, 2.24) is 34.7 Å². The van der Waals surface area contributed by atoms with Gasteiger partial charge in [-0.15, -0.1) is 0 Å². The number of ether oxygens (including phenoxy) is 2. The fourth-order valence-electron chi connectivity index (χ4n) is 6.90. The first-order chi connectivity index (χ1) is 29.0. The molecule has 1 saturated heterocycles. The maximum atomic E-state index is 5.60. The number of methoxy groups -OCH3 is 1. The predicted octanol–water partition coefficient (Wildman–Crippen LogP) is 13.2. The molecule has 0 radical (unpaired) electrons. The van der Waals surface area contributed by atoms with Crippen molar-refractivity contribution >= 4 is 0 Å². The molecule has 4 heterocycles. The van der Waals surface area contributed by atoms with E-state index in [0.29, 0.717) is 29.6 Å². The van der Waals surface area contributed by atoms with Crippen LogP contribution in [0.1, 0.15) is 152 Å². The lowest BCUT2D eigenvalue weighted by Gasteiger charge is -2.23. The number of rotatable bonds is 10. The fourth-order valence-corrected chi connectivity index (χ4v) is 6.90. The molecule has 0 unspecified atom stereocenters. The van der Waals surface area contributed by atoms with Gasteiger partial charge in [0.1, 0.15) is 11.5 Å². The molecule has 1 fully saturated rings. The average Bonchev–Trinajstić information content (AvgIpc) is 4.00. The average molecular weight is 828 g/mol. The molecule has 0 saturated carbocycles. The maximum Gasteiger partial charge on any atom is 0.219 e. The van der Waals surface area contributed by atoms with Gasteiger partial charge in [0.05, 0.1) is 35.4 Å². The summed E-state index contributed by atoms with van der Waals surface area (Å²) in [6, 6.07) is 32.4. The first-order valence-corrected chi connectivity index (χ1v) is 22.1. The van der Waals surface area contributed by atoms with Crippen LogP contribution in [0.15, 0.2) is 103 Å². The molecule has 0 aliphatic carbocycles. The van der Waals surface area contributed by atoms with Gasteiger partial charge in [0, 0.05) is 30.1 Å². The number of para-hydroxylation sites is 2. The zero-order valence-corrected chi connectivity index (χ0v) is 39.6. The molecule has 9 nitrogen and oxygen atoms in total. The Morgan fingerprint density at radius 2 is 1.26 bits per heavy atom. The van der Waals surface area contributed by atoms with Gasteiger partial charge in [-0.3, -0.25) is 9.58 Å². The smallest absolute Gasteiger partial charge is 0.219 e. The third kappa shape index (κ3) is 15.0. The molecule has 1 aliphatic heterocycles. The van der Waals surface area contributed by atoms with Gasteiger partial charge in [-0.05, 0) is 132 Å². The van der Waals surface area contributed by atoms with Crippen LogP contribution in [0.5, 0.6) is 17.4 Å². The van der Waals surface area contributed by atoms with Crippen molar-refractivity contribution in [3.63, 3.8) is 0 Å². The summed E-state index contributed by atoms with van der Waals surface area (Å²) in [4.78, 5) is 8.48. The quantitative estimate of drug-likeness (QED) is 0.136. The molecule has 0 N–H and O–H groups in total. The van der Waals surface area contributed by atoms with Gasteiger partial charge >= 0.3 is 0 Å². The summed E-state index contributed by atoms with van der Waals surface area (Å²) in [5.41, 5.74) is 9.50. The molecule has 0 atom stereocenters. The van der Waals surface area contributed by atoms with Gasteiger partial charge in [-0.1, -0.05) is 110 Å². The van der Waals surface area contributed by atoms with Crippen LogP contribution in [0, 0.1) is 13.8 Å². The van der Waals surface area contributed by atoms with E-state index in [1.165, 1.54) is 48.3 Å². The Kier molecular flexibility index (Phi) is 18.3. The van der Waals surface area contributed by atoms with Crippen LogP contribution >= 0.6 is 0 Å². The predicted molar refractivity (Wildman–Crippen MR) is 253 cm³/mol. The van der Waals surface area contributed by atoms with Crippen LogP contribution in [0.3, 0.4) is 0 Å². The Balaban J connectivity index is 0.000000180. The van der Waals surface area contributed by atoms with E-state index in [9.17, 15) is 0 Å². The van der Waals surface area contributed by atoms with Crippen LogP contribution in [0.2, 0.25) is 0 Å². The highest BCUT2D eigenvalue weighted by Crippen LogP contribution is 2.27. The molecular formula is C52H73N7O2.